The van der Waals surface area contributed by atoms with E-state index in [-0.39, 0.29) is 12.5 Å². The first-order valence-electron chi connectivity index (χ1n) is 10.0. The Morgan fingerprint density at radius 2 is 2.19 bits per heavy atom. The fourth-order valence-electron chi connectivity index (χ4n) is 3.54. The molecule has 3 N–H and O–H groups in total. The molecule has 0 aromatic heterocycles. The van der Waals surface area contributed by atoms with Gasteiger partial charge in [0.15, 0.2) is 0 Å². The molecule has 154 valence electrons. The topological polar surface area (TPSA) is 69.9 Å². The third-order valence-corrected chi connectivity index (χ3v) is 5.76. The van der Waals surface area contributed by atoms with Crippen molar-refractivity contribution in [3.05, 3.63) is 41.7 Å². The van der Waals surface area contributed by atoms with Crippen LogP contribution in [0.4, 0.5) is 0 Å². The number of hydrogen-bond donors (Lipinski definition) is 3. The minimum atomic E-state index is -0.958. The van der Waals surface area contributed by atoms with Crippen molar-refractivity contribution in [3.63, 3.8) is 0 Å². The summed E-state index contributed by atoms with van der Waals surface area (Å²) in [6, 6.07) is 0. The van der Waals surface area contributed by atoms with Crippen molar-refractivity contribution in [3.8, 4) is 0 Å². The smallest absolute Gasteiger partial charge is 0.0960 e. The molecule has 2 unspecified atom stereocenters. The van der Waals surface area contributed by atoms with Gasteiger partial charge in [0.05, 0.1) is 30.5 Å². The molecule has 0 aromatic carbocycles. The fraction of sp³-hybridized carbons (Fsp3) is 0.696. The summed E-state index contributed by atoms with van der Waals surface area (Å²) in [6.45, 7) is 12.1. The molecule has 0 saturated carbocycles. The van der Waals surface area contributed by atoms with Crippen LogP contribution < -0.4 is 0 Å². The summed E-state index contributed by atoms with van der Waals surface area (Å²) in [5, 5.41) is 30.6. The number of rotatable bonds is 9. The van der Waals surface area contributed by atoms with Crippen LogP contribution >= 0.6 is 0 Å². The number of ether oxygens (including phenoxy) is 1. The molecule has 1 aliphatic rings. The van der Waals surface area contributed by atoms with Gasteiger partial charge in [-0.3, -0.25) is 0 Å². The highest BCUT2D eigenvalue weighted by Crippen LogP contribution is 2.34. The Labute approximate surface area is 164 Å². The lowest BCUT2D eigenvalue weighted by Crippen LogP contribution is -2.41. The van der Waals surface area contributed by atoms with Crippen molar-refractivity contribution in [2.24, 2.45) is 5.92 Å². The first kappa shape index (κ1) is 23.9. The fourth-order valence-corrected chi connectivity index (χ4v) is 3.54. The summed E-state index contributed by atoms with van der Waals surface area (Å²) in [7, 11) is 0. The van der Waals surface area contributed by atoms with Crippen LogP contribution in [0.25, 0.3) is 0 Å². The van der Waals surface area contributed by atoms with Gasteiger partial charge in [0.1, 0.15) is 0 Å². The molecule has 4 heteroatoms. The normalized spacial score (nSPS) is 28.0. The third kappa shape index (κ3) is 7.40. The lowest BCUT2D eigenvalue weighted by molar-refractivity contribution is -0.105. The van der Waals surface area contributed by atoms with Crippen LogP contribution in [-0.4, -0.2) is 45.8 Å². The molecule has 4 nitrogen and oxygen atoms in total. The zero-order valence-electron chi connectivity index (χ0n) is 17.5. The van der Waals surface area contributed by atoms with Crippen molar-refractivity contribution < 1.29 is 20.1 Å². The highest BCUT2D eigenvalue weighted by Gasteiger charge is 2.37. The second-order valence-electron chi connectivity index (χ2n) is 8.32. The molecule has 27 heavy (non-hydrogen) atoms. The Morgan fingerprint density at radius 1 is 1.48 bits per heavy atom. The van der Waals surface area contributed by atoms with Crippen LogP contribution in [0.3, 0.4) is 0 Å². The summed E-state index contributed by atoms with van der Waals surface area (Å²) >= 11 is 0. The molecule has 0 spiro atoms. The first-order valence-corrected chi connectivity index (χ1v) is 10.0. The molecule has 1 saturated heterocycles. The van der Waals surface area contributed by atoms with Crippen molar-refractivity contribution in [1.82, 2.24) is 0 Å². The van der Waals surface area contributed by atoms with Crippen LogP contribution in [0.15, 0.2) is 41.7 Å². The Hall–Kier alpha value is -1.16. The van der Waals surface area contributed by atoms with Crippen LogP contribution in [0.1, 0.15) is 66.2 Å². The maximum absolute atomic E-state index is 11.0. The third-order valence-electron chi connectivity index (χ3n) is 5.76. The Kier molecular flexibility index (Phi) is 9.72. The number of aliphatic hydroxyl groups is 3. The molecule has 0 aromatic rings. The summed E-state index contributed by atoms with van der Waals surface area (Å²) in [5.41, 5.74) is 3.40. The SMILES string of the molecule is C=C=CC(O)(CC=C(C)C)C(C)CCC[C@]1(C)OC/C(=C/CO)CC[C@H]1O. The zero-order valence-corrected chi connectivity index (χ0v) is 17.5. The number of hydrogen-bond acceptors (Lipinski definition) is 4. The van der Waals surface area contributed by atoms with E-state index in [2.05, 4.69) is 12.3 Å². The molecule has 0 bridgehead atoms. The molecule has 0 aliphatic carbocycles. The van der Waals surface area contributed by atoms with Crippen LogP contribution in [0, 0.1) is 5.92 Å². The van der Waals surface area contributed by atoms with Crippen LogP contribution in [0.5, 0.6) is 0 Å². The van der Waals surface area contributed by atoms with Crippen LogP contribution in [0.2, 0.25) is 0 Å². The summed E-state index contributed by atoms with van der Waals surface area (Å²) in [6.07, 6.45) is 9.27. The highest BCUT2D eigenvalue weighted by atomic mass is 16.5. The minimum Gasteiger partial charge on any atom is -0.392 e. The second kappa shape index (κ2) is 11.0. The number of aliphatic hydroxyl groups excluding tert-OH is 2. The lowest BCUT2D eigenvalue weighted by Gasteiger charge is -2.34. The predicted octanol–water partition coefficient (Wildman–Crippen LogP) is 4.07. The van der Waals surface area contributed by atoms with Gasteiger partial charge in [-0.05, 0) is 70.4 Å². The summed E-state index contributed by atoms with van der Waals surface area (Å²) in [4.78, 5) is 0. The van der Waals surface area contributed by atoms with Gasteiger partial charge in [0, 0.05) is 0 Å². The number of allylic oxidation sites excluding steroid dienone is 1. The molecule has 4 atom stereocenters. The van der Waals surface area contributed by atoms with E-state index in [4.69, 9.17) is 9.84 Å². The quantitative estimate of drug-likeness (QED) is 0.418. The lowest BCUT2D eigenvalue weighted by atomic mass is 9.80. The van der Waals surface area contributed by atoms with E-state index in [0.717, 1.165) is 31.3 Å². The van der Waals surface area contributed by atoms with Crippen molar-refractivity contribution in [1.29, 1.82) is 0 Å². The van der Waals surface area contributed by atoms with E-state index in [1.165, 1.54) is 5.57 Å². The van der Waals surface area contributed by atoms with Gasteiger partial charge in [-0.15, -0.1) is 5.73 Å². The van der Waals surface area contributed by atoms with Gasteiger partial charge < -0.3 is 20.1 Å². The van der Waals surface area contributed by atoms with Gasteiger partial charge in [0.2, 0.25) is 0 Å². The maximum Gasteiger partial charge on any atom is 0.0960 e. The molecule has 1 rings (SSSR count). The molecule has 1 fully saturated rings. The molecular weight excluding hydrogens is 340 g/mol. The van der Waals surface area contributed by atoms with Gasteiger partial charge in [-0.1, -0.05) is 37.6 Å². The molecule has 1 aliphatic heterocycles. The molecule has 0 amide bonds. The largest absolute Gasteiger partial charge is 0.392 e. The Balaban J connectivity index is 2.69. The van der Waals surface area contributed by atoms with Gasteiger partial charge >= 0.3 is 0 Å². The van der Waals surface area contributed by atoms with E-state index in [1.807, 2.05) is 33.8 Å². The maximum atomic E-state index is 11.0. The van der Waals surface area contributed by atoms with E-state index < -0.39 is 17.3 Å². The second-order valence-corrected chi connectivity index (χ2v) is 8.32. The highest BCUT2D eigenvalue weighted by molar-refractivity contribution is 5.09. The summed E-state index contributed by atoms with van der Waals surface area (Å²) in [5.74, 6) is 0.0405. The van der Waals surface area contributed by atoms with Crippen LogP contribution in [-0.2, 0) is 4.74 Å². The zero-order chi connectivity index (χ0) is 20.5. The van der Waals surface area contributed by atoms with E-state index >= 15 is 0 Å². The molecule has 0 radical (unpaired) electrons. The van der Waals surface area contributed by atoms with E-state index in [0.29, 0.717) is 19.4 Å². The average molecular weight is 379 g/mol. The predicted molar refractivity (Wildman–Crippen MR) is 110 cm³/mol. The van der Waals surface area contributed by atoms with Gasteiger partial charge in [0.25, 0.3) is 0 Å². The van der Waals surface area contributed by atoms with Crippen molar-refractivity contribution >= 4 is 0 Å². The summed E-state index contributed by atoms with van der Waals surface area (Å²) < 4.78 is 6.03. The Bertz CT molecular complexity index is 569. The average Bonchev–Trinajstić information content (AvgIpc) is 2.74. The molecular formula is C23H38O4. The minimum absolute atomic E-state index is 0.00407. The van der Waals surface area contributed by atoms with Gasteiger partial charge in [-0.25, -0.2) is 0 Å². The van der Waals surface area contributed by atoms with E-state index in [9.17, 15) is 10.2 Å². The van der Waals surface area contributed by atoms with Crippen molar-refractivity contribution in [2.75, 3.05) is 13.2 Å². The standard InChI is InChI=1S/C23H38O4/c1-6-13-23(26,15-11-18(2)3)19(4)8-7-14-22(5)21(25)10-9-20(12-16-24)17-27-22/h11-13,19,21,24-26H,1,7-10,14-17H2,2-5H3/b20-12+/t19?,21-,22+,23?/m1/s1. The molecule has 1 heterocycles. The van der Waals surface area contributed by atoms with Crippen molar-refractivity contribution in [2.45, 2.75) is 83.5 Å². The monoisotopic (exact) mass is 378 g/mol. The Morgan fingerprint density at radius 3 is 2.78 bits per heavy atom. The first-order chi connectivity index (χ1) is 12.7. The van der Waals surface area contributed by atoms with E-state index in [1.54, 1.807) is 12.2 Å². The van der Waals surface area contributed by atoms with Gasteiger partial charge in [-0.2, -0.15) is 0 Å².